The van der Waals surface area contributed by atoms with E-state index in [0.29, 0.717) is 16.9 Å². The van der Waals surface area contributed by atoms with Gasteiger partial charge in [-0.15, -0.1) is 6.42 Å². The normalized spacial score (nSPS) is 9.63. The molecule has 0 heterocycles. The number of benzene rings is 2. The van der Waals surface area contributed by atoms with E-state index in [4.69, 9.17) is 11.2 Å². The molecule has 2 aromatic carbocycles. The number of rotatable bonds is 4. The quantitative estimate of drug-likeness (QED) is 0.672. The lowest BCUT2D eigenvalue weighted by molar-refractivity contribution is 0.103. The summed E-state index contributed by atoms with van der Waals surface area (Å²) >= 11 is 0. The molecule has 0 bridgehead atoms. The SMILES string of the molecule is C#CCOc1ccc(C(=O)c2cccc(O)c2)cc1. The number of hydrogen-bond acceptors (Lipinski definition) is 3. The fraction of sp³-hybridized carbons (Fsp3) is 0.0625. The van der Waals surface area contributed by atoms with Crippen molar-refractivity contribution in [1.29, 1.82) is 0 Å². The Morgan fingerprint density at radius 2 is 1.89 bits per heavy atom. The van der Waals surface area contributed by atoms with Gasteiger partial charge in [0.15, 0.2) is 5.78 Å². The summed E-state index contributed by atoms with van der Waals surface area (Å²) in [5.74, 6) is 2.90. The minimum Gasteiger partial charge on any atom is -0.508 e. The highest BCUT2D eigenvalue weighted by molar-refractivity contribution is 6.09. The van der Waals surface area contributed by atoms with Gasteiger partial charge in [-0.1, -0.05) is 18.1 Å². The van der Waals surface area contributed by atoms with Crippen molar-refractivity contribution < 1.29 is 14.6 Å². The molecule has 0 aliphatic heterocycles. The van der Waals surface area contributed by atoms with Crippen LogP contribution in [0.2, 0.25) is 0 Å². The number of phenolic OH excluding ortho intramolecular Hbond substituents is 1. The summed E-state index contributed by atoms with van der Waals surface area (Å²) in [5.41, 5.74) is 0.968. The first-order valence-electron chi connectivity index (χ1n) is 5.71. The third kappa shape index (κ3) is 3.14. The van der Waals surface area contributed by atoms with Crippen LogP contribution in [0.15, 0.2) is 48.5 Å². The van der Waals surface area contributed by atoms with Crippen LogP contribution >= 0.6 is 0 Å². The third-order valence-electron chi connectivity index (χ3n) is 2.55. The van der Waals surface area contributed by atoms with E-state index in [1.165, 1.54) is 12.1 Å². The van der Waals surface area contributed by atoms with E-state index in [2.05, 4.69) is 5.92 Å². The molecule has 94 valence electrons. The lowest BCUT2D eigenvalue weighted by Crippen LogP contribution is -2.01. The van der Waals surface area contributed by atoms with Crippen LogP contribution in [0.3, 0.4) is 0 Å². The lowest BCUT2D eigenvalue weighted by atomic mass is 10.0. The molecule has 3 nitrogen and oxygen atoms in total. The summed E-state index contributed by atoms with van der Waals surface area (Å²) in [6.45, 7) is 0.194. The second-order valence-corrected chi connectivity index (χ2v) is 3.90. The zero-order valence-electron chi connectivity index (χ0n) is 10.2. The molecule has 0 saturated heterocycles. The zero-order chi connectivity index (χ0) is 13.7. The molecule has 0 aromatic heterocycles. The first-order chi connectivity index (χ1) is 9.20. The molecule has 0 aliphatic carbocycles. The van der Waals surface area contributed by atoms with Crippen LogP contribution in [-0.4, -0.2) is 17.5 Å². The molecular weight excluding hydrogens is 240 g/mol. The second-order valence-electron chi connectivity index (χ2n) is 3.90. The standard InChI is InChI=1S/C16H12O3/c1-2-10-19-15-8-6-12(7-9-15)16(18)13-4-3-5-14(17)11-13/h1,3-9,11,17H,10H2. The molecule has 0 unspecified atom stereocenters. The number of terminal acetylenes is 1. The molecule has 0 spiro atoms. The molecule has 0 radical (unpaired) electrons. The van der Waals surface area contributed by atoms with Crippen LogP contribution in [0.5, 0.6) is 11.5 Å². The Balaban J connectivity index is 2.18. The summed E-state index contributed by atoms with van der Waals surface area (Å²) in [6.07, 6.45) is 5.09. The minimum atomic E-state index is -0.153. The fourth-order valence-electron chi connectivity index (χ4n) is 1.64. The Labute approximate surface area is 111 Å². The van der Waals surface area contributed by atoms with E-state index in [1.807, 2.05) is 0 Å². The van der Waals surface area contributed by atoms with Gasteiger partial charge >= 0.3 is 0 Å². The molecule has 3 heteroatoms. The minimum absolute atomic E-state index is 0.0693. The van der Waals surface area contributed by atoms with E-state index in [0.717, 1.165) is 0 Å². The molecular formula is C16H12O3. The van der Waals surface area contributed by atoms with Gasteiger partial charge in [-0.25, -0.2) is 0 Å². The third-order valence-corrected chi connectivity index (χ3v) is 2.55. The zero-order valence-corrected chi connectivity index (χ0v) is 10.2. The van der Waals surface area contributed by atoms with E-state index in [9.17, 15) is 9.90 Å². The van der Waals surface area contributed by atoms with Crippen molar-refractivity contribution in [2.45, 2.75) is 0 Å². The average molecular weight is 252 g/mol. The van der Waals surface area contributed by atoms with E-state index >= 15 is 0 Å². The van der Waals surface area contributed by atoms with E-state index < -0.39 is 0 Å². The van der Waals surface area contributed by atoms with Crippen molar-refractivity contribution in [3.63, 3.8) is 0 Å². The average Bonchev–Trinajstić information content (AvgIpc) is 2.45. The van der Waals surface area contributed by atoms with Gasteiger partial charge in [-0.3, -0.25) is 4.79 Å². The molecule has 0 fully saturated rings. The van der Waals surface area contributed by atoms with Gasteiger partial charge in [0, 0.05) is 11.1 Å². The maximum atomic E-state index is 12.1. The van der Waals surface area contributed by atoms with Crippen molar-refractivity contribution in [2.75, 3.05) is 6.61 Å². The summed E-state index contributed by atoms with van der Waals surface area (Å²) < 4.78 is 5.23. The monoisotopic (exact) mass is 252 g/mol. The van der Waals surface area contributed by atoms with Crippen LogP contribution in [-0.2, 0) is 0 Å². The van der Waals surface area contributed by atoms with Gasteiger partial charge < -0.3 is 9.84 Å². The number of hydrogen-bond donors (Lipinski definition) is 1. The number of aromatic hydroxyl groups is 1. The van der Waals surface area contributed by atoms with Crippen molar-refractivity contribution in [3.8, 4) is 23.8 Å². The Morgan fingerprint density at radius 3 is 2.53 bits per heavy atom. The Kier molecular flexibility index (Phi) is 3.84. The maximum Gasteiger partial charge on any atom is 0.193 e. The van der Waals surface area contributed by atoms with Crippen LogP contribution in [0.25, 0.3) is 0 Å². The topological polar surface area (TPSA) is 46.5 Å². The highest BCUT2D eigenvalue weighted by Gasteiger charge is 2.09. The van der Waals surface area contributed by atoms with Crippen LogP contribution in [0.4, 0.5) is 0 Å². The van der Waals surface area contributed by atoms with Crippen LogP contribution in [0, 0.1) is 12.3 Å². The van der Waals surface area contributed by atoms with Crippen LogP contribution < -0.4 is 4.74 Å². The number of carbonyl (C=O) groups excluding carboxylic acids is 1. The summed E-state index contributed by atoms with van der Waals surface area (Å²) in [7, 11) is 0. The predicted molar refractivity (Wildman–Crippen MR) is 72.3 cm³/mol. The summed E-state index contributed by atoms with van der Waals surface area (Å²) in [4.78, 5) is 12.1. The van der Waals surface area contributed by atoms with Gasteiger partial charge in [-0.05, 0) is 36.4 Å². The summed E-state index contributed by atoms with van der Waals surface area (Å²) in [6, 6.07) is 13.0. The smallest absolute Gasteiger partial charge is 0.193 e. The molecule has 1 N–H and O–H groups in total. The highest BCUT2D eigenvalue weighted by Crippen LogP contribution is 2.18. The first-order valence-corrected chi connectivity index (χ1v) is 5.71. The molecule has 19 heavy (non-hydrogen) atoms. The second kappa shape index (κ2) is 5.74. The molecule has 2 rings (SSSR count). The maximum absolute atomic E-state index is 12.1. The van der Waals surface area contributed by atoms with Gasteiger partial charge in [0.05, 0.1) is 0 Å². The molecule has 0 amide bonds. The number of ketones is 1. The largest absolute Gasteiger partial charge is 0.508 e. The van der Waals surface area contributed by atoms with Crippen LogP contribution in [0.1, 0.15) is 15.9 Å². The van der Waals surface area contributed by atoms with Crippen molar-refractivity contribution >= 4 is 5.78 Å². The predicted octanol–water partition coefficient (Wildman–Crippen LogP) is 2.64. The Morgan fingerprint density at radius 1 is 1.16 bits per heavy atom. The fourth-order valence-corrected chi connectivity index (χ4v) is 1.64. The number of ether oxygens (including phenoxy) is 1. The van der Waals surface area contributed by atoms with Gasteiger partial charge in [0.1, 0.15) is 18.1 Å². The van der Waals surface area contributed by atoms with Crippen molar-refractivity contribution in [1.82, 2.24) is 0 Å². The van der Waals surface area contributed by atoms with Gasteiger partial charge in [0.2, 0.25) is 0 Å². The highest BCUT2D eigenvalue weighted by atomic mass is 16.5. The Hall–Kier alpha value is -2.73. The molecule has 0 saturated carbocycles. The van der Waals surface area contributed by atoms with Gasteiger partial charge in [0.25, 0.3) is 0 Å². The molecule has 0 aliphatic rings. The molecule has 2 aromatic rings. The Bertz CT molecular complexity index is 621. The summed E-state index contributed by atoms with van der Waals surface area (Å²) in [5, 5.41) is 9.36. The lowest BCUT2D eigenvalue weighted by Gasteiger charge is -2.04. The molecule has 0 atom stereocenters. The van der Waals surface area contributed by atoms with Crippen molar-refractivity contribution in [2.24, 2.45) is 0 Å². The van der Waals surface area contributed by atoms with E-state index in [1.54, 1.807) is 36.4 Å². The van der Waals surface area contributed by atoms with Gasteiger partial charge in [-0.2, -0.15) is 0 Å². The number of carbonyl (C=O) groups is 1. The van der Waals surface area contributed by atoms with Crippen molar-refractivity contribution in [3.05, 3.63) is 59.7 Å². The first kappa shape index (κ1) is 12.7. The number of phenols is 1. The van der Waals surface area contributed by atoms with E-state index in [-0.39, 0.29) is 18.1 Å².